The number of rotatable bonds is 4. The highest BCUT2D eigenvalue weighted by atomic mass is 16.5. The maximum atomic E-state index is 10.6. The maximum Gasteiger partial charge on any atom is 0.303 e. The predicted octanol–water partition coefficient (Wildman–Crippen LogP) is 1.53. The SMILES string of the molecule is COc1ccc2c(c1)C(CCC(=O)O)C(N)C2. The minimum Gasteiger partial charge on any atom is -0.497 e. The van der Waals surface area contributed by atoms with Gasteiger partial charge >= 0.3 is 5.97 Å². The molecule has 4 heteroatoms. The van der Waals surface area contributed by atoms with Gasteiger partial charge in [0, 0.05) is 18.4 Å². The van der Waals surface area contributed by atoms with Gasteiger partial charge in [-0.3, -0.25) is 4.79 Å². The topological polar surface area (TPSA) is 72.5 Å². The van der Waals surface area contributed by atoms with Crippen LogP contribution in [0.5, 0.6) is 5.75 Å². The molecule has 0 spiro atoms. The number of hydrogen-bond donors (Lipinski definition) is 2. The summed E-state index contributed by atoms with van der Waals surface area (Å²) in [5.41, 5.74) is 8.44. The Morgan fingerprint density at radius 3 is 3.00 bits per heavy atom. The predicted molar refractivity (Wildman–Crippen MR) is 64.3 cm³/mol. The normalized spacial score (nSPS) is 22.2. The first kappa shape index (κ1) is 11.9. The molecule has 2 atom stereocenters. The van der Waals surface area contributed by atoms with E-state index in [-0.39, 0.29) is 18.4 Å². The molecule has 17 heavy (non-hydrogen) atoms. The Hall–Kier alpha value is -1.55. The van der Waals surface area contributed by atoms with E-state index in [1.54, 1.807) is 7.11 Å². The van der Waals surface area contributed by atoms with E-state index in [0.717, 1.165) is 17.7 Å². The van der Waals surface area contributed by atoms with E-state index in [4.69, 9.17) is 15.6 Å². The van der Waals surface area contributed by atoms with E-state index >= 15 is 0 Å². The van der Waals surface area contributed by atoms with Gasteiger partial charge in [-0.05, 0) is 36.1 Å². The Morgan fingerprint density at radius 2 is 2.35 bits per heavy atom. The smallest absolute Gasteiger partial charge is 0.303 e. The molecule has 3 N–H and O–H groups in total. The van der Waals surface area contributed by atoms with Crippen LogP contribution in [-0.2, 0) is 11.2 Å². The minimum absolute atomic E-state index is 0.0245. The molecule has 0 fully saturated rings. The van der Waals surface area contributed by atoms with Crippen LogP contribution in [-0.4, -0.2) is 24.2 Å². The van der Waals surface area contributed by atoms with Gasteiger partial charge < -0.3 is 15.6 Å². The lowest BCUT2D eigenvalue weighted by Crippen LogP contribution is -2.25. The summed E-state index contributed by atoms with van der Waals surface area (Å²) in [4.78, 5) is 10.6. The van der Waals surface area contributed by atoms with E-state index < -0.39 is 5.97 Å². The summed E-state index contributed by atoms with van der Waals surface area (Å²) in [5, 5.41) is 8.74. The number of carboxylic acid groups (broad SMARTS) is 1. The van der Waals surface area contributed by atoms with Gasteiger partial charge in [-0.1, -0.05) is 6.07 Å². The Kier molecular flexibility index (Phi) is 3.33. The van der Waals surface area contributed by atoms with Crippen molar-refractivity contribution >= 4 is 5.97 Å². The van der Waals surface area contributed by atoms with E-state index in [0.29, 0.717) is 6.42 Å². The van der Waals surface area contributed by atoms with Gasteiger partial charge in [0.1, 0.15) is 5.75 Å². The second-order valence-electron chi connectivity index (χ2n) is 4.47. The van der Waals surface area contributed by atoms with Crippen molar-refractivity contribution in [3.05, 3.63) is 29.3 Å². The molecule has 0 aliphatic heterocycles. The van der Waals surface area contributed by atoms with Gasteiger partial charge in [-0.25, -0.2) is 0 Å². The molecule has 0 radical (unpaired) electrons. The summed E-state index contributed by atoms with van der Waals surface area (Å²) in [5.74, 6) is 0.169. The van der Waals surface area contributed by atoms with Crippen molar-refractivity contribution in [2.75, 3.05) is 7.11 Å². The molecule has 0 amide bonds. The Labute approximate surface area is 100 Å². The molecule has 0 aromatic heterocycles. The number of fused-ring (bicyclic) bond motifs is 1. The van der Waals surface area contributed by atoms with E-state index in [9.17, 15) is 4.79 Å². The Bertz CT molecular complexity index is 431. The zero-order valence-electron chi connectivity index (χ0n) is 9.85. The Balaban J connectivity index is 2.21. The Morgan fingerprint density at radius 1 is 1.59 bits per heavy atom. The lowest BCUT2D eigenvalue weighted by atomic mass is 9.93. The fourth-order valence-corrected chi connectivity index (χ4v) is 2.51. The second-order valence-corrected chi connectivity index (χ2v) is 4.47. The van der Waals surface area contributed by atoms with Crippen LogP contribution in [0.25, 0.3) is 0 Å². The highest BCUT2D eigenvalue weighted by molar-refractivity contribution is 5.66. The van der Waals surface area contributed by atoms with Crippen molar-refractivity contribution in [3.8, 4) is 5.75 Å². The number of hydrogen-bond acceptors (Lipinski definition) is 3. The summed E-state index contributed by atoms with van der Waals surface area (Å²) in [7, 11) is 1.63. The quantitative estimate of drug-likeness (QED) is 0.830. The highest BCUT2D eigenvalue weighted by Gasteiger charge is 2.30. The fraction of sp³-hybridized carbons (Fsp3) is 0.462. The van der Waals surface area contributed by atoms with Gasteiger partial charge in [-0.15, -0.1) is 0 Å². The van der Waals surface area contributed by atoms with E-state index in [1.165, 1.54) is 5.56 Å². The van der Waals surface area contributed by atoms with E-state index in [1.807, 2.05) is 18.2 Å². The number of nitrogens with two attached hydrogens (primary N) is 1. The van der Waals surface area contributed by atoms with Crippen molar-refractivity contribution in [2.24, 2.45) is 5.73 Å². The number of carboxylic acids is 1. The van der Waals surface area contributed by atoms with Crippen molar-refractivity contribution in [3.63, 3.8) is 0 Å². The molecule has 1 aromatic carbocycles. The molecule has 1 aliphatic carbocycles. The van der Waals surface area contributed by atoms with Gasteiger partial charge in [0.15, 0.2) is 0 Å². The third-order valence-electron chi connectivity index (χ3n) is 3.39. The number of carbonyl (C=O) groups is 1. The summed E-state index contributed by atoms with van der Waals surface area (Å²) in [6.07, 6.45) is 1.58. The molecule has 0 heterocycles. The number of aliphatic carboxylic acids is 1. The average Bonchev–Trinajstić information content (AvgIpc) is 2.61. The van der Waals surface area contributed by atoms with Crippen molar-refractivity contribution in [1.29, 1.82) is 0 Å². The molecule has 2 unspecified atom stereocenters. The lowest BCUT2D eigenvalue weighted by Gasteiger charge is -2.15. The minimum atomic E-state index is -0.770. The third-order valence-corrected chi connectivity index (χ3v) is 3.39. The largest absolute Gasteiger partial charge is 0.497 e. The van der Waals surface area contributed by atoms with Crippen molar-refractivity contribution in [1.82, 2.24) is 0 Å². The molecule has 0 saturated carbocycles. The van der Waals surface area contributed by atoms with Crippen LogP contribution in [0.1, 0.15) is 29.9 Å². The van der Waals surface area contributed by atoms with Crippen LogP contribution in [0.4, 0.5) is 0 Å². The number of methoxy groups -OCH3 is 1. The first-order valence-corrected chi connectivity index (χ1v) is 5.76. The zero-order valence-corrected chi connectivity index (χ0v) is 9.85. The molecular formula is C13H17NO3. The highest BCUT2D eigenvalue weighted by Crippen LogP contribution is 2.37. The molecule has 0 bridgehead atoms. The van der Waals surface area contributed by atoms with Crippen LogP contribution >= 0.6 is 0 Å². The maximum absolute atomic E-state index is 10.6. The van der Waals surface area contributed by atoms with Crippen LogP contribution in [0, 0.1) is 0 Å². The van der Waals surface area contributed by atoms with Crippen molar-refractivity contribution in [2.45, 2.75) is 31.2 Å². The van der Waals surface area contributed by atoms with Gasteiger partial charge in [0.2, 0.25) is 0 Å². The molecule has 2 rings (SSSR count). The summed E-state index contributed by atoms with van der Waals surface area (Å²) in [6, 6.07) is 5.95. The summed E-state index contributed by atoms with van der Waals surface area (Å²) < 4.78 is 5.19. The summed E-state index contributed by atoms with van der Waals surface area (Å²) in [6.45, 7) is 0. The van der Waals surface area contributed by atoms with Crippen molar-refractivity contribution < 1.29 is 14.6 Å². The van der Waals surface area contributed by atoms with Crippen LogP contribution in [0.2, 0.25) is 0 Å². The first-order valence-electron chi connectivity index (χ1n) is 5.76. The van der Waals surface area contributed by atoms with Crippen LogP contribution < -0.4 is 10.5 Å². The molecule has 1 aliphatic rings. The van der Waals surface area contributed by atoms with E-state index in [2.05, 4.69) is 0 Å². The number of ether oxygens (including phenoxy) is 1. The summed E-state index contributed by atoms with van der Waals surface area (Å²) >= 11 is 0. The third kappa shape index (κ3) is 2.42. The molecule has 4 nitrogen and oxygen atoms in total. The number of benzene rings is 1. The molecule has 92 valence electrons. The van der Waals surface area contributed by atoms with Crippen LogP contribution in [0.15, 0.2) is 18.2 Å². The van der Waals surface area contributed by atoms with Gasteiger partial charge in [-0.2, -0.15) is 0 Å². The molecular weight excluding hydrogens is 218 g/mol. The van der Waals surface area contributed by atoms with Gasteiger partial charge in [0.05, 0.1) is 7.11 Å². The second kappa shape index (κ2) is 4.75. The first-order chi connectivity index (χ1) is 8.11. The zero-order chi connectivity index (χ0) is 12.4. The fourth-order valence-electron chi connectivity index (χ4n) is 2.51. The van der Waals surface area contributed by atoms with Crippen LogP contribution in [0.3, 0.4) is 0 Å². The standard InChI is InChI=1S/C13H17NO3/c1-17-9-3-2-8-6-12(14)10(11(8)7-9)4-5-13(15)16/h2-3,7,10,12H,4-6,14H2,1H3,(H,15,16). The lowest BCUT2D eigenvalue weighted by molar-refractivity contribution is -0.137. The molecule has 0 saturated heterocycles. The average molecular weight is 235 g/mol. The monoisotopic (exact) mass is 235 g/mol. The molecule has 1 aromatic rings. The van der Waals surface area contributed by atoms with Gasteiger partial charge in [0.25, 0.3) is 0 Å².